The maximum Gasteiger partial charge on any atom is 0.447 e. The van der Waals surface area contributed by atoms with Gasteiger partial charge >= 0.3 is 5.51 Å². The second kappa shape index (κ2) is 7.18. The molecule has 0 spiro atoms. The number of fused-ring (bicyclic) bond motifs is 1. The number of rotatable bonds is 5. The number of thioether (sulfide) groups is 1. The van der Waals surface area contributed by atoms with Crippen LogP contribution in [0.1, 0.15) is 31.4 Å². The van der Waals surface area contributed by atoms with Crippen molar-refractivity contribution in [1.82, 2.24) is 19.5 Å². The molecule has 0 saturated heterocycles. The highest BCUT2D eigenvalue weighted by molar-refractivity contribution is 8.14. The lowest BCUT2D eigenvalue weighted by molar-refractivity contribution is -0.0329. The minimum absolute atomic E-state index is 0.116. The van der Waals surface area contributed by atoms with Crippen LogP contribution in [-0.2, 0) is 7.05 Å². The van der Waals surface area contributed by atoms with Gasteiger partial charge in [-0.05, 0) is 36.8 Å². The molecule has 0 N–H and O–H groups in total. The first-order chi connectivity index (χ1) is 13.3. The summed E-state index contributed by atoms with van der Waals surface area (Å²) >= 11 is -0.232. The van der Waals surface area contributed by atoms with Crippen LogP contribution in [0.15, 0.2) is 34.3 Å². The molecular formula is C19H19F3N4S2. The number of hydrogen-bond acceptors (Lipinski definition) is 4. The van der Waals surface area contributed by atoms with Crippen molar-refractivity contribution in [2.24, 2.45) is 7.05 Å². The van der Waals surface area contributed by atoms with Gasteiger partial charge in [0.1, 0.15) is 10.7 Å². The molecule has 4 rings (SSSR count). The summed E-state index contributed by atoms with van der Waals surface area (Å²) in [5.41, 5.74) is -1.41. The Morgan fingerprint density at radius 2 is 2.04 bits per heavy atom. The molecule has 3 heterocycles. The Hall–Kier alpha value is -1.87. The maximum absolute atomic E-state index is 12.7. The number of aromatic nitrogens is 4. The zero-order chi connectivity index (χ0) is 20.1. The molecule has 1 aliphatic carbocycles. The molecule has 0 bridgehead atoms. The van der Waals surface area contributed by atoms with E-state index in [1.54, 1.807) is 0 Å². The van der Waals surface area contributed by atoms with E-state index >= 15 is 0 Å². The summed E-state index contributed by atoms with van der Waals surface area (Å²) in [6.07, 6.45) is 3.72. The van der Waals surface area contributed by atoms with Gasteiger partial charge in [-0.25, -0.2) is 15.0 Å². The minimum Gasteiger partial charge on any atom is -0.325 e. The fourth-order valence-electron chi connectivity index (χ4n) is 3.07. The van der Waals surface area contributed by atoms with Crippen LogP contribution in [0.3, 0.4) is 0 Å². The second-order valence-electron chi connectivity index (χ2n) is 6.69. The third kappa shape index (κ3) is 3.82. The highest BCUT2D eigenvalue weighted by atomic mass is 32.2. The first-order valence-corrected chi connectivity index (χ1v) is 11.2. The molecule has 28 heavy (non-hydrogen) atoms. The summed E-state index contributed by atoms with van der Waals surface area (Å²) in [7, 11) is 1.60. The topological polar surface area (TPSA) is 43.6 Å². The van der Waals surface area contributed by atoms with E-state index in [0.717, 1.165) is 34.9 Å². The average molecular weight is 425 g/mol. The number of imidazole rings is 1. The monoisotopic (exact) mass is 424 g/mol. The molecule has 1 fully saturated rings. The van der Waals surface area contributed by atoms with Gasteiger partial charge in [-0.2, -0.15) is 23.7 Å². The highest BCUT2D eigenvalue weighted by Gasteiger charge is 2.31. The average Bonchev–Trinajstić information content (AvgIpc) is 3.44. The molecular weight excluding hydrogens is 405 g/mol. The molecule has 3 aromatic rings. The molecule has 1 saturated carbocycles. The van der Waals surface area contributed by atoms with Crippen molar-refractivity contribution in [3.8, 4) is 11.5 Å². The van der Waals surface area contributed by atoms with Crippen molar-refractivity contribution in [1.29, 1.82) is 0 Å². The predicted octanol–water partition coefficient (Wildman–Crippen LogP) is 5.60. The van der Waals surface area contributed by atoms with Crippen molar-refractivity contribution in [2.75, 3.05) is 5.75 Å². The van der Waals surface area contributed by atoms with E-state index in [9.17, 15) is 13.2 Å². The molecule has 0 aromatic carbocycles. The van der Waals surface area contributed by atoms with E-state index in [4.69, 9.17) is 4.98 Å². The quantitative estimate of drug-likeness (QED) is 0.395. The van der Waals surface area contributed by atoms with Crippen LogP contribution in [0.25, 0.3) is 22.6 Å². The lowest BCUT2D eigenvalue weighted by Gasteiger charge is -2.13. The number of pyridine rings is 2. The van der Waals surface area contributed by atoms with E-state index in [2.05, 4.69) is 34.9 Å². The Morgan fingerprint density at radius 1 is 1.29 bits per heavy atom. The van der Waals surface area contributed by atoms with Crippen LogP contribution < -0.4 is 0 Å². The number of hydrogen-bond donors (Lipinski definition) is 0. The molecule has 1 aliphatic rings. The fourth-order valence-corrected chi connectivity index (χ4v) is 4.57. The second-order valence-corrected chi connectivity index (χ2v) is 9.78. The van der Waals surface area contributed by atoms with E-state index in [1.165, 1.54) is 12.3 Å². The van der Waals surface area contributed by atoms with Crippen molar-refractivity contribution in [3.63, 3.8) is 0 Å². The normalized spacial score (nSPS) is 15.9. The molecule has 0 amide bonds. The van der Waals surface area contributed by atoms with Crippen LogP contribution in [0, 0.1) is 0 Å². The Balaban J connectivity index is 1.85. The van der Waals surface area contributed by atoms with Gasteiger partial charge in [-0.15, -0.1) is 0 Å². The third-order valence-electron chi connectivity index (χ3n) is 4.71. The van der Waals surface area contributed by atoms with Crippen LogP contribution in [-0.4, -0.2) is 36.7 Å². The summed E-state index contributed by atoms with van der Waals surface area (Å²) in [5, 5.41) is -0.116. The first-order valence-electron chi connectivity index (χ1n) is 8.87. The summed E-state index contributed by atoms with van der Waals surface area (Å²) in [5.74, 6) is 6.27. The largest absolute Gasteiger partial charge is 0.447 e. The molecule has 4 nitrogen and oxygen atoms in total. The third-order valence-corrected chi connectivity index (χ3v) is 7.02. The van der Waals surface area contributed by atoms with Gasteiger partial charge in [0.05, 0.1) is 17.2 Å². The van der Waals surface area contributed by atoms with E-state index in [0.29, 0.717) is 22.8 Å². The Morgan fingerprint density at radius 3 is 2.68 bits per heavy atom. The summed E-state index contributed by atoms with van der Waals surface area (Å²) < 4.78 is 39.9. The van der Waals surface area contributed by atoms with E-state index < -0.39 is 5.51 Å². The van der Waals surface area contributed by atoms with E-state index in [1.807, 2.05) is 11.6 Å². The van der Waals surface area contributed by atoms with Crippen LogP contribution in [0.4, 0.5) is 13.2 Å². The minimum atomic E-state index is -4.38. The molecule has 0 radical (unpaired) electrons. The van der Waals surface area contributed by atoms with Crippen LogP contribution in [0.5, 0.6) is 0 Å². The molecule has 0 aliphatic heterocycles. The van der Waals surface area contributed by atoms with Crippen molar-refractivity contribution in [3.05, 3.63) is 30.1 Å². The summed E-state index contributed by atoms with van der Waals surface area (Å²) in [4.78, 5) is 14.5. The van der Waals surface area contributed by atoms with Gasteiger partial charge < -0.3 is 4.57 Å². The van der Waals surface area contributed by atoms with Crippen LogP contribution in [0.2, 0.25) is 0 Å². The first kappa shape index (κ1) is 19.4. The number of halogens is 3. The SMILES string of the molecule is C=S(CC)c1ccc(C2CC2)nc1-c1nc2cc(SC(F)(F)F)ncc2n1C. The molecule has 148 valence electrons. The van der Waals surface area contributed by atoms with Gasteiger partial charge in [-0.3, -0.25) is 0 Å². The van der Waals surface area contributed by atoms with Crippen molar-refractivity contribution >= 4 is 39.1 Å². The standard InChI is InChI=1S/C19H19F3N4S2/c1-4-28(3)15-8-7-12(11-5-6-11)24-17(15)18-25-13-9-16(27-19(20,21)22)23-10-14(13)26(18)2/h7-11H,3-6H2,1-2H3. The number of nitrogens with zero attached hydrogens (tertiary/aromatic N) is 4. The summed E-state index contributed by atoms with van der Waals surface area (Å²) in [6.45, 7) is 2.08. The number of aryl methyl sites for hydroxylation is 1. The predicted molar refractivity (Wildman–Crippen MR) is 109 cm³/mol. The van der Waals surface area contributed by atoms with Crippen LogP contribution >= 0.6 is 22.2 Å². The summed E-state index contributed by atoms with van der Waals surface area (Å²) in [6, 6.07) is 5.53. The molecule has 3 aromatic heterocycles. The van der Waals surface area contributed by atoms with Gasteiger partial charge in [0.2, 0.25) is 0 Å². The van der Waals surface area contributed by atoms with Gasteiger partial charge in [0.25, 0.3) is 0 Å². The zero-order valence-corrected chi connectivity index (χ0v) is 17.1. The molecule has 1 atom stereocenters. The number of alkyl halides is 3. The van der Waals surface area contributed by atoms with Gasteiger partial charge in [0, 0.05) is 35.3 Å². The fraction of sp³-hybridized carbons (Fsp3) is 0.368. The molecule has 1 unspecified atom stereocenters. The van der Waals surface area contributed by atoms with Gasteiger partial charge in [0.15, 0.2) is 5.82 Å². The maximum atomic E-state index is 12.7. The molecule has 9 heteroatoms. The Labute approximate surface area is 167 Å². The zero-order valence-electron chi connectivity index (χ0n) is 15.5. The van der Waals surface area contributed by atoms with Crippen molar-refractivity contribution in [2.45, 2.75) is 41.1 Å². The highest BCUT2D eigenvalue weighted by Crippen LogP contribution is 2.42. The lowest BCUT2D eigenvalue weighted by Crippen LogP contribution is -2.01. The Kier molecular flexibility index (Phi) is 4.99. The smallest absolute Gasteiger partial charge is 0.325 e. The Bertz CT molecular complexity index is 1070. The van der Waals surface area contributed by atoms with E-state index in [-0.39, 0.29) is 27.3 Å². The van der Waals surface area contributed by atoms with Crippen molar-refractivity contribution < 1.29 is 13.2 Å². The van der Waals surface area contributed by atoms with Gasteiger partial charge in [-0.1, -0.05) is 12.8 Å². The lowest BCUT2D eigenvalue weighted by atomic mass is 10.2.